The molecule has 7 nitrogen and oxygen atoms in total. The summed E-state index contributed by atoms with van der Waals surface area (Å²) in [4.78, 5) is 22.9. The van der Waals surface area contributed by atoms with Crippen molar-refractivity contribution < 1.29 is 19.4 Å². The highest BCUT2D eigenvalue weighted by molar-refractivity contribution is 6.03. The van der Waals surface area contributed by atoms with Gasteiger partial charge in [0.25, 0.3) is 5.91 Å². The summed E-state index contributed by atoms with van der Waals surface area (Å²) in [6.45, 7) is 1.11. The lowest BCUT2D eigenvalue weighted by atomic mass is 10.2. The number of nitrogens with one attached hydrogen (secondary N) is 1. The van der Waals surface area contributed by atoms with E-state index in [0.717, 1.165) is 12.8 Å². The average molecular weight is 253 g/mol. The topological polar surface area (TPSA) is 93.5 Å². The average Bonchev–Trinajstić information content (AvgIpc) is 2.94. The molecule has 1 aliphatic heterocycles. The molecule has 0 aliphatic carbocycles. The molecule has 1 atom stereocenters. The highest BCUT2D eigenvalue weighted by Crippen LogP contribution is 2.12. The van der Waals surface area contributed by atoms with Crippen LogP contribution in [0.3, 0.4) is 0 Å². The summed E-state index contributed by atoms with van der Waals surface area (Å²) in [7, 11) is 1.54. The van der Waals surface area contributed by atoms with Gasteiger partial charge in [0.1, 0.15) is 11.3 Å². The minimum atomic E-state index is -1.16. The van der Waals surface area contributed by atoms with Gasteiger partial charge in [-0.25, -0.2) is 4.79 Å². The third-order valence-corrected chi connectivity index (χ3v) is 2.90. The second-order valence-electron chi connectivity index (χ2n) is 4.18. The molecule has 1 amide bonds. The van der Waals surface area contributed by atoms with Gasteiger partial charge in [-0.1, -0.05) is 0 Å². The number of amides is 1. The number of ether oxygens (including phenoxy) is 1. The van der Waals surface area contributed by atoms with Crippen molar-refractivity contribution in [3.8, 4) is 0 Å². The van der Waals surface area contributed by atoms with Gasteiger partial charge in [0.05, 0.1) is 12.3 Å². The van der Waals surface area contributed by atoms with Crippen LogP contribution in [-0.2, 0) is 11.8 Å². The Bertz CT molecular complexity index is 463. The van der Waals surface area contributed by atoms with Gasteiger partial charge in [-0.15, -0.1) is 0 Å². The van der Waals surface area contributed by atoms with Gasteiger partial charge < -0.3 is 15.2 Å². The van der Waals surface area contributed by atoms with Crippen molar-refractivity contribution >= 4 is 11.9 Å². The van der Waals surface area contributed by atoms with Crippen molar-refractivity contribution in [2.24, 2.45) is 7.05 Å². The molecule has 2 rings (SSSR count). The van der Waals surface area contributed by atoms with E-state index in [-0.39, 0.29) is 17.4 Å². The molecule has 1 saturated heterocycles. The second kappa shape index (κ2) is 5.18. The molecule has 0 unspecified atom stereocenters. The number of aromatic carboxylic acids is 1. The van der Waals surface area contributed by atoms with Crippen LogP contribution in [0, 0.1) is 0 Å². The van der Waals surface area contributed by atoms with Gasteiger partial charge in [-0.05, 0) is 12.8 Å². The standard InChI is InChI=1S/C11H15N3O4/c1-14-9(8(6-13-14)11(16)17)10(15)12-5-7-3-2-4-18-7/h6-7H,2-5H2,1H3,(H,12,15)(H,16,17)/t7-/m1/s1. The lowest BCUT2D eigenvalue weighted by Crippen LogP contribution is -2.33. The van der Waals surface area contributed by atoms with Crippen LogP contribution in [0.2, 0.25) is 0 Å². The molecule has 18 heavy (non-hydrogen) atoms. The smallest absolute Gasteiger partial charge is 0.339 e. The van der Waals surface area contributed by atoms with Gasteiger partial charge in [-0.2, -0.15) is 5.10 Å². The Morgan fingerprint density at radius 3 is 3.06 bits per heavy atom. The van der Waals surface area contributed by atoms with E-state index in [2.05, 4.69) is 10.4 Å². The minimum absolute atomic E-state index is 0.0236. The predicted octanol–water partition coefficient (Wildman–Crippen LogP) is 0.0271. The Balaban J connectivity index is 2.03. The van der Waals surface area contributed by atoms with Crippen LogP contribution in [-0.4, -0.2) is 46.0 Å². The first kappa shape index (κ1) is 12.6. The zero-order valence-corrected chi connectivity index (χ0v) is 10.0. The van der Waals surface area contributed by atoms with E-state index in [1.807, 2.05) is 0 Å². The lowest BCUT2D eigenvalue weighted by molar-refractivity contribution is 0.0688. The maximum atomic E-state index is 11.9. The quantitative estimate of drug-likeness (QED) is 0.789. The number of nitrogens with zero attached hydrogens (tertiary/aromatic N) is 2. The number of aromatic nitrogens is 2. The van der Waals surface area contributed by atoms with Gasteiger partial charge in [0.15, 0.2) is 0 Å². The molecule has 0 aromatic carbocycles. The Labute approximate surface area is 104 Å². The van der Waals surface area contributed by atoms with E-state index in [1.165, 1.54) is 17.9 Å². The Morgan fingerprint density at radius 2 is 2.44 bits per heavy atom. The normalized spacial score (nSPS) is 18.8. The van der Waals surface area contributed by atoms with Gasteiger partial charge in [-0.3, -0.25) is 9.48 Å². The van der Waals surface area contributed by atoms with Crippen molar-refractivity contribution in [2.45, 2.75) is 18.9 Å². The molecule has 0 saturated carbocycles. The second-order valence-corrected chi connectivity index (χ2v) is 4.18. The summed E-state index contributed by atoms with van der Waals surface area (Å²) < 4.78 is 6.63. The first-order valence-corrected chi connectivity index (χ1v) is 5.74. The molecule has 7 heteroatoms. The largest absolute Gasteiger partial charge is 0.478 e. The molecular weight excluding hydrogens is 238 g/mol. The van der Waals surface area contributed by atoms with Crippen LogP contribution in [0.15, 0.2) is 6.20 Å². The zero-order chi connectivity index (χ0) is 13.1. The zero-order valence-electron chi connectivity index (χ0n) is 10.0. The fourth-order valence-corrected chi connectivity index (χ4v) is 1.96. The Morgan fingerprint density at radius 1 is 1.67 bits per heavy atom. The summed E-state index contributed by atoms with van der Waals surface area (Å²) in [5.41, 5.74) is -0.0390. The van der Waals surface area contributed by atoms with E-state index in [9.17, 15) is 9.59 Å². The molecular formula is C11H15N3O4. The van der Waals surface area contributed by atoms with Crippen LogP contribution in [0.4, 0.5) is 0 Å². The van der Waals surface area contributed by atoms with E-state index < -0.39 is 11.9 Å². The van der Waals surface area contributed by atoms with E-state index in [1.54, 1.807) is 0 Å². The molecule has 1 aromatic heterocycles. The molecule has 0 bridgehead atoms. The first-order chi connectivity index (χ1) is 8.59. The number of hydrogen-bond acceptors (Lipinski definition) is 4. The number of carboxylic acid groups (broad SMARTS) is 1. The van der Waals surface area contributed by atoms with Crippen LogP contribution >= 0.6 is 0 Å². The molecule has 2 N–H and O–H groups in total. The van der Waals surface area contributed by atoms with Crippen molar-refractivity contribution in [3.05, 3.63) is 17.5 Å². The van der Waals surface area contributed by atoms with Crippen LogP contribution in [0.1, 0.15) is 33.7 Å². The highest BCUT2D eigenvalue weighted by Gasteiger charge is 2.23. The fourth-order valence-electron chi connectivity index (χ4n) is 1.96. The molecule has 0 radical (unpaired) electrons. The van der Waals surface area contributed by atoms with Crippen LogP contribution in [0.25, 0.3) is 0 Å². The minimum Gasteiger partial charge on any atom is -0.478 e. The third-order valence-electron chi connectivity index (χ3n) is 2.90. The monoisotopic (exact) mass is 253 g/mol. The van der Waals surface area contributed by atoms with Crippen molar-refractivity contribution in [1.29, 1.82) is 0 Å². The Kier molecular flexibility index (Phi) is 3.61. The van der Waals surface area contributed by atoms with E-state index >= 15 is 0 Å². The maximum absolute atomic E-state index is 11.9. The molecule has 2 heterocycles. The summed E-state index contributed by atoms with van der Waals surface area (Å²) in [6, 6.07) is 0. The summed E-state index contributed by atoms with van der Waals surface area (Å²) in [5.74, 6) is -1.60. The SMILES string of the molecule is Cn1ncc(C(=O)O)c1C(=O)NC[C@H]1CCCO1. The number of carbonyl (C=O) groups excluding carboxylic acids is 1. The van der Waals surface area contributed by atoms with Crippen LogP contribution < -0.4 is 5.32 Å². The number of carbonyl (C=O) groups is 2. The molecule has 0 spiro atoms. The maximum Gasteiger partial charge on any atom is 0.339 e. The van der Waals surface area contributed by atoms with Crippen molar-refractivity contribution in [3.63, 3.8) is 0 Å². The lowest BCUT2D eigenvalue weighted by Gasteiger charge is -2.11. The van der Waals surface area contributed by atoms with Gasteiger partial charge in [0, 0.05) is 20.2 Å². The summed E-state index contributed by atoms with van der Waals surface area (Å²) >= 11 is 0. The number of carboxylic acids is 1. The van der Waals surface area contributed by atoms with Crippen LogP contribution in [0.5, 0.6) is 0 Å². The molecule has 1 fully saturated rings. The van der Waals surface area contributed by atoms with Gasteiger partial charge in [0.2, 0.25) is 0 Å². The Hall–Kier alpha value is -1.89. The van der Waals surface area contributed by atoms with E-state index in [4.69, 9.17) is 9.84 Å². The molecule has 1 aromatic rings. The van der Waals surface area contributed by atoms with Crippen molar-refractivity contribution in [2.75, 3.05) is 13.2 Å². The first-order valence-electron chi connectivity index (χ1n) is 5.74. The number of hydrogen-bond donors (Lipinski definition) is 2. The highest BCUT2D eigenvalue weighted by atomic mass is 16.5. The molecule has 1 aliphatic rings. The van der Waals surface area contributed by atoms with Gasteiger partial charge >= 0.3 is 5.97 Å². The third kappa shape index (κ3) is 2.51. The predicted molar refractivity (Wildman–Crippen MR) is 61.5 cm³/mol. The van der Waals surface area contributed by atoms with E-state index in [0.29, 0.717) is 13.2 Å². The number of rotatable bonds is 4. The molecule has 98 valence electrons. The fraction of sp³-hybridized carbons (Fsp3) is 0.545. The number of aryl methyl sites for hydroxylation is 1. The van der Waals surface area contributed by atoms with Crippen molar-refractivity contribution in [1.82, 2.24) is 15.1 Å². The summed E-state index contributed by atoms with van der Waals surface area (Å²) in [5, 5.41) is 15.4. The summed E-state index contributed by atoms with van der Waals surface area (Å²) in [6.07, 6.45) is 3.10.